The second kappa shape index (κ2) is 6.51. The lowest BCUT2D eigenvalue weighted by molar-refractivity contribution is 0.354. The molecule has 1 atom stereocenters. The second-order valence-corrected chi connectivity index (χ2v) is 5.83. The molecule has 0 aliphatic carbocycles. The Hall–Kier alpha value is -1.19. The normalized spacial score (nSPS) is 12.1. The fraction of sp³-hybridized carbons (Fsp3) is 0.250. The standard InChI is InChI=1S/C16H16BrClO2/c1-10-5-4-6-11(7-10)16(17)12-8-14(19-2)15(20-3)9-13(12)18/h4-9,16H,1-3H3. The smallest absolute Gasteiger partial charge is 0.162 e. The molecule has 0 spiro atoms. The first-order valence-electron chi connectivity index (χ1n) is 6.19. The molecule has 0 N–H and O–H groups in total. The molecule has 1 unspecified atom stereocenters. The summed E-state index contributed by atoms with van der Waals surface area (Å²) >= 11 is 10.1. The molecule has 0 saturated heterocycles. The van der Waals surface area contributed by atoms with Crippen LogP contribution in [0.5, 0.6) is 11.5 Å². The summed E-state index contributed by atoms with van der Waals surface area (Å²) in [7, 11) is 3.21. The van der Waals surface area contributed by atoms with Gasteiger partial charge in [0.2, 0.25) is 0 Å². The predicted octanol–water partition coefficient (Wildman–Crippen LogP) is 5.15. The Morgan fingerprint density at radius 2 is 1.70 bits per heavy atom. The molecule has 0 amide bonds. The quantitative estimate of drug-likeness (QED) is 0.706. The molecular formula is C16H16BrClO2. The molecule has 0 aliphatic rings. The molecule has 4 heteroatoms. The first-order valence-corrected chi connectivity index (χ1v) is 7.48. The maximum Gasteiger partial charge on any atom is 0.162 e. The number of benzene rings is 2. The molecule has 2 aromatic rings. The molecule has 2 aromatic carbocycles. The van der Waals surface area contributed by atoms with Crippen LogP contribution >= 0.6 is 27.5 Å². The van der Waals surface area contributed by atoms with Crippen molar-refractivity contribution < 1.29 is 9.47 Å². The Balaban J connectivity index is 2.46. The zero-order valence-corrected chi connectivity index (χ0v) is 14.0. The van der Waals surface area contributed by atoms with Gasteiger partial charge in [-0.3, -0.25) is 0 Å². The highest BCUT2D eigenvalue weighted by Gasteiger charge is 2.17. The maximum absolute atomic E-state index is 6.36. The van der Waals surface area contributed by atoms with Crippen molar-refractivity contribution in [1.29, 1.82) is 0 Å². The van der Waals surface area contributed by atoms with Gasteiger partial charge in [-0.25, -0.2) is 0 Å². The number of hydrogen-bond acceptors (Lipinski definition) is 2. The van der Waals surface area contributed by atoms with Crippen molar-refractivity contribution in [2.75, 3.05) is 14.2 Å². The van der Waals surface area contributed by atoms with Crippen molar-refractivity contribution in [3.05, 3.63) is 58.1 Å². The van der Waals surface area contributed by atoms with Gasteiger partial charge < -0.3 is 9.47 Å². The first-order chi connectivity index (χ1) is 9.56. The van der Waals surface area contributed by atoms with E-state index in [2.05, 4.69) is 41.1 Å². The van der Waals surface area contributed by atoms with E-state index in [0.29, 0.717) is 16.5 Å². The van der Waals surface area contributed by atoms with Gasteiger partial charge in [0, 0.05) is 11.1 Å². The molecule has 0 heterocycles. The van der Waals surface area contributed by atoms with E-state index in [9.17, 15) is 0 Å². The number of hydrogen-bond donors (Lipinski definition) is 0. The van der Waals surface area contributed by atoms with Crippen LogP contribution < -0.4 is 9.47 Å². The SMILES string of the molecule is COc1cc(Cl)c(C(Br)c2cccc(C)c2)cc1OC. The summed E-state index contributed by atoms with van der Waals surface area (Å²) in [5.41, 5.74) is 3.32. The molecule has 0 bridgehead atoms. The van der Waals surface area contributed by atoms with Gasteiger partial charge in [-0.15, -0.1) is 0 Å². The summed E-state index contributed by atoms with van der Waals surface area (Å²) < 4.78 is 10.6. The lowest BCUT2D eigenvalue weighted by atomic mass is 10.0. The van der Waals surface area contributed by atoms with Crippen molar-refractivity contribution in [1.82, 2.24) is 0 Å². The number of alkyl halides is 1. The molecule has 0 aliphatic heterocycles. The van der Waals surface area contributed by atoms with Gasteiger partial charge >= 0.3 is 0 Å². The summed E-state index contributed by atoms with van der Waals surface area (Å²) in [6, 6.07) is 12.0. The van der Waals surface area contributed by atoms with Crippen LogP contribution in [0.1, 0.15) is 21.5 Å². The molecule has 0 fully saturated rings. The number of rotatable bonds is 4. The monoisotopic (exact) mass is 354 g/mol. The van der Waals surface area contributed by atoms with E-state index in [1.165, 1.54) is 5.56 Å². The third kappa shape index (κ3) is 3.10. The average Bonchev–Trinajstić information content (AvgIpc) is 2.46. The van der Waals surface area contributed by atoms with Crippen LogP contribution in [-0.4, -0.2) is 14.2 Å². The Labute approximate surface area is 132 Å². The number of ether oxygens (including phenoxy) is 2. The Morgan fingerprint density at radius 1 is 1.05 bits per heavy atom. The van der Waals surface area contributed by atoms with E-state index >= 15 is 0 Å². The summed E-state index contributed by atoms with van der Waals surface area (Å²) in [5, 5.41) is 0.644. The number of methoxy groups -OCH3 is 2. The van der Waals surface area contributed by atoms with Crippen molar-refractivity contribution >= 4 is 27.5 Å². The predicted molar refractivity (Wildman–Crippen MR) is 86.5 cm³/mol. The minimum atomic E-state index is 0.00899. The molecule has 2 rings (SSSR count). The fourth-order valence-corrected chi connectivity index (χ4v) is 3.13. The third-order valence-corrected chi connectivity index (χ3v) is 4.46. The van der Waals surface area contributed by atoms with Gasteiger partial charge in [-0.05, 0) is 24.1 Å². The summed E-state index contributed by atoms with van der Waals surface area (Å²) in [6.45, 7) is 2.07. The highest BCUT2D eigenvalue weighted by atomic mass is 79.9. The van der Waals surface area contributed by atoms with Gasteiger partial charge in [0.25, 0.3) is 0 Å². The number of aryl methyl sites for hydroxylation is 1. The van der Waals surface area contributed by atoms with Crippen LogP contribution in [0.15, 0.2) is 36.4 Å². The molecule has 106 valence electrons. The van der Waals surface area contributed by atoms with Crippen molar-refractivity contribution in [2.45, 2.75) is 11.8 Å². The maximum atomic E-state index is 6.36. The van der Waals surface area contributed by atoms with Gasteiger partial charge in [0.1, 0.15) is 0 Å². The molecule has 0 saturated carbocycles. The van der Waals surface area contributed by atoms with Gasteiger partial charge in [-0.1, -0.05) is 57.4 Å². The third-order valence-electron chi connectivity index (χ3n) is 3.11. The van der Waals surface area contributed by atoms with Crippen molar-refractivity contribution in [2.24, 2.45) is 0 Å². The van der Waals surface area contributed by atoms with Crippen molar-refractivity contribution in [3.63, 3.8) is 0 Å². The van der Waals surface area contributed by atoms with E-state index in [1.54, 1.807) is 20.3 Å². The molecule has 0 radical (unpaired) electrons. The van der Waals surface area contributed by atoms with Gasteiger partial charge in [0.05, 0.1) is 19.0 Å². The lowest BCUT2D eigenvalue weighted by Crippen LogP contribution is -1.98. The van der Waals surface area contributed by atoms with E-state index < -0.39 is 0 Å². The largest absolute Gasteiger partial charge is 0.493 e. The van der Waals surface area contributed by atoms with Gasteiger partial charge in [-0.2, -0.15) is 0 Å². The zero-order valence-electron chi connectivity index (χ0n) is 11.6. The first kappa shape index (κ1) is 15.2. The highest BCUT2D eigenvalue weighted by molar-refractivity contribution is 9.09. The zero-order chi connectivity index (χ0) is 14.7. The Kier molecular flexibility index (Phi) is 4.95. The minimum absolute atomic E-state index is 0.00899. The van der Waals surface area contributed by atoms with Crippen LogP contribution in [0, 0.1) is 6.92 Å². The highest BCUT2D eigenvalue weighted by Crippen LogP contribution is 2.41. The summed E-state index contributed by atoms with van der Waals surface area (Å²) in [6.07, 6.45) is 0. The number of halogens is 2. The lowest BCUT2D eigenvalue weighted by Gasteiger charge is -2.16. The average molecular weight is 356 g/mol. The van der Waals surface area contributed by atoms with Crippen LogP contribution in [0.2, 0.25) is 5.02 Å². The van der Waals surface area contributed by atoms with Crippen molar-refractivity contribution in [3.8, 4) is 11.5 Å². The van der Waals surface area contributed by atoms with Gasteiger partial charge in [0.15, 0.2) is 11.5 Å². The second-order valence-electron chi connectivity index (χ2n) is 4.51. The van der Waals surface area contributed by atoms with E-state index in [4.69, 9.17) is 21.1 Å². The van der Waals surface area contributed by atoms with E-state index in [-0.39, 0.29) is 4.83 Å². The molecule has 0 aromatic heterocycles. The minimum Gasteiger partial charge on any atom is -0.493 e. The Bertz CT molecular complexity index is 613. The summed E-state index contributed by atoms with van der Waals surface area (Å²) in [5.74, 6) is 1.30. The van der Waals surface area contributed by atoms with E-state index in [0.717, 1.165) is 11.1 Å². The summed E-state index contributed by atoms with van der Waals surface area (Å²) in [4.78, 5) is 0.00899. The topological polar surface area (TPSA) is 18.5 Å². The van der Waals surface area contributed by atoms with Crippen LogP contribution in [-0.2, 0) is 0 Å². The van der Waals surface area contributed by atoms with Crippen LogP contribution in [0.25, 0.3) is 0 Å². The van der Waals surface area contributed by atoms with Crippen LogP contribution in [0.3, 0.4) is 0 Å². The molecular weight excluding hydrogens is 340 g/mol. The van der Waals surface area contributed by atoms with E-state index in [1.807, 2.05) is 12.1 Å². The Morgan fingerprint density at radius 3 is 2.30 bits per heavy atom. The molecule has 2 nitrogen and oxygen atoms in total. The van der Waals surface area contributed by atoms with Crippen LogP contribution in [0.4, 0.5) is 0 Å². The molecule has 20 heavy (non-hydrogen) atoms. The fourth-order valence-electron chi connectivity index (χ4n) is 2.07.